The summed E-state index contributed by atoms with van der Waals surface area (Å²) < 4.78 is 0. The van der Waals surface area contributed by atoms with Gasteiger partial charge >= 0.3 is 0 Å². The SMILES string of the molecule is CC1C(=O)C(=O)C=C2C1=CC=C1[C@@]2(C)CC[C@@]2(C)C3CC(C)(CN4CCCC4)CC[C@]3(C)CC[C@]12C. The zero-order valence-electron chi connectivity index (χ0n) is 23.6. The molecular weight excluding hydrogens is 442 g/mol. The van der Waals surface area contributed by atoms with E-state index in [1.807, 2.05) is 6.92 Å². The Kier molecular flexibility index (Phi) is 5.36. The summed E-state index contributed by atoms with van der Waals surface area (Å²) in [7, 11) is 0. The fourth-order valence-electron chi connectivity index (χ4n) is 10.3. The number of nitrogens with zero attached hydrogens (tertiary/aromatic N) is 1. The normalized spacial score (nSPS) is 48.8. The third-order valence-corrected chi connectivity index (χ3v) is 12.9. The zero-order chi connectivity index (χ0) is 25.7. The van der Waals surface area contributed by atoms with Gasteiger partial charge in [-0.25, -0.2) is 0 Å². The van der Waals surface area contributed by atoms with Gasteiger partial charge in [0.1, 0.15) is 0 Å². The zero-order valence-corrected chi connectivity index (χ0v) is 23.6. The predicted octanol–water partition coefficient (Wildman–Crippen LogP) is 7.08. The number of fused-ring (bicyclic) bond motifs is 7. The molecule has 1 saturated heterocycles. The number of rotatable bonds is 2. The van der Waals surface area contributed by atoms with Crippen LogP contribution in [0.5, 0.6) is 0 Å². The van der Waals surface area contributed by atoms with Gasteiger partial charge in [-0.3, -0.25) is 9.59 Å². The molecule has 3 nitrogen and oxygen atoms in total. The van der Waals surface area contributed by atoms with E-state index in [1.54, 1.807) is 11.6 Å². The first-order valence-electron chi connectivity index (χ1n) is 14.8. The van der Waals surface area contributed by atoms with Crippen LogP contribution in [0.4, 0.5) is 0 Å². The third-order valence-electron chi connectivity index (χ3n) is 12.9. The van der Waals surface area contributed by atoms with Gasteiger partial charge in [-0.15, -0.1) is 0 Å². The van der Waals surface area contributed by atoms with Crippen molar-refractivity contribution >= 4 is 11.6 Å². The largest absolute Gasteiger partial charge is 0.303 e. The summed E-state index contributed by atoms with van der Waals surface area (Å²) in [6.45, 7) is 18.6. The lowest BCUT2D eigenvalue weighted by Crippen LogP contribution is -2.62. The van der Waals surface area contributed by atoms with E-state index in [-0.39, 0.29) is 33.7 Å². The highest BCUT2D eigenvalue weighted by Crippen LogP contribution is 2.75. The Balaban J connectivity index is 1.39. The number of ketones is 2. The number of hydrogen-bond acceptors (Lipinski definition) is 3. The summed E-state index contributed by atoms with van der Waals surface area (Å²) >= 11 is 0. The van der Waals surface area contributed by atoms with Crippen LogP contribution >= 0.6 is 0 Å². The maximum Gasteiger partial charge on any atom is 0.222 e. The fourth-order valence-corrected chi connectivity index (χ4v) is 10.3. The van der Waals surface area contributed by atoms with Crippen LogP contribution in [0.25, 0.3) is 0 Å². The van der Waals surface area contributed by atoms with E-state index in [2.05, 4.69) is 51.7 Å². The fraction of sp³-hybridized carbons (Fsp3) is 0.758. The van der Waals surface area contributed by atoms with Crippen molar-refractivity contribution in [2.45, 2.75) is 99.3 Å². The van der Waals surface area contributed by atoms with E-state index in [1.165, 1.54) is 71.0 Å². The van der Waals surface area contributed by atoms with Gasteiger partial charge in [-0.2, -0.15) is 0 Å². The van der Waals surface area contributed by atoms with E-state index in [4.69, 9.17) is 0 Å². The van der Waals surface area contributed by atoms with Gasteiger partial charge in [0.25, 0.3) is 0 Å². The maximum atomic E-state index is 12.7. The van der Waals surface area contributed by atoms with Crippen LogP contribution in [0.2, 0.25) is 0 Å². The Morgan fingerprint density at radius 3 is 2.31 bits per heavy atom. The van der Waals surface area contributed by atoms with Crippen molar-refractivity contribution < 1.29 is 9.59 Å². The Morgan fingerprint density at radius 2 is 1.58 bits per heavy atom. The number of likely N-dealkylation sites (tertiary alicyclic amines) is 1. The minimum absolute atomic E-state index is 0.118. The summed E-state index contributed by atoms with van der Waals surface area (Å²) in [5, 5.41) is 0. The Bertz CT molecular complexity index is 1110. The molecule has 0 spiro atoms. The first-order valence-corrected chi connectivity index (χ1v) is 14.8. The van der Waals surface area contributed by atoms with E-state index < -0.39 is 0 Å². The molecule has 1 heterocycles. The van der Waals surface area contributed by atoms with Crippen LogP contribution < -0.4 is 0 Å². The van der Waals surface area contributed by atoms with E-state index in [0.717, 1.165) is 23.5 Å². The molecular formula is C33H47NO2. The van der Waals surface area contributed by atoms with Gasteiger partial charge in [0.15, 0.2) is 0 Å². The monoisotopic (exact) mass is 489 g/mol. The molecule has 6 rings (SSSR count). The van der Waals surface area contributed by atoms with E-state index >= 15 is 0 Å². The van der Waals surface area contributed by atoms with Crippen molar-refractivity contribution in [1.29, 1.82) is 0 Å². The average Bonchev–Trinajstić information content (AvgIpc) is 3.34. The summed E-state index contributed by atoms with van der Waals surface area (Å²) in [4.78, 5) is 27.9. The van der Waals surface area contributed by atoms with Gasteiger partial charge in [0.2, 0.25) is 11.6 Å². The van der Waals surface area contributed by atoms with Crippen molar-refractivity contribution in [3.05, 3.63) is 34.9 Å². The third kappa shape index (κ3) is 3.20. The molecule has 3 unspecified atom stereocenters. The number of hydrogen-bond donors (Lipinski definition) is 0. The molecule has 0 aromatic rings. The molecule has 0 N–H and O–H groups in total. The highest BCUT2D eigenvalue weighted by molar-refractivity contribution is 6.44. The summed E-state index contributed by atoms with van der Waals surface area (Å²) in [6, 6.07) is 0. The van der Waals surface area contributed by atoms with Gasteiger partial charge < -0.3 is 4.90 Å². The number of Topliss-reactive ketones (excluding diaryl/α,β-unsaturated/α-hetero) is 1. The smallest absolute Gasteiger partial charge is 0.222 e. The van der Waals surface area contributed by atoms with Crippen LogP contribution in [-0.4, -0.2) is 36.1 Å². The molecule has 7 atom stereocenters. The van der Waals surface area contributed by atoms with E-state index in [9.17, 15) is 9.59 Å². The van der Waals surface area contributed by atoms with Crippen LogP contribution in [0.3, 0.4) is 0 Å². The van der Waals surface area contributed by atoms with Crippen molar-refractivity contribution in [2.75, 3.05) is 19.6 Å². The lowest BCUT2D eigenvalue weighted by atomic mass is 9.34. The molecule has 1 aliphatic heterocycles. The van der Waals surface area contributed by atoms with Gasteiger partial charge in [-0.05, 0) is 116 Å². The summed E-state index contributed by atoms with van der Waals surface area (Å²) in [6.07, 6.45) is 18.0. The highest BCUT2D eigenvalue weighted by atomic mass is 16.2. The Labute approximate surface area is 218 Å². The lowest BCUT2D eigenvalue weighted by molar-refractivity contribution is -0.163. The minimum atomic E-state index is -0.312. The van der Waals surface area contributed by atoms with Crippen LogP contribution in [-0.2, 0) is 9.59 Å². The standard InChI is InChI=1S/C33H47NO2/c1-22-23-9-10-26-31(4,24(23)19-25(35)28(22)36)14-16-33(6)27-20-29(2,21-34-17-7-8-18-34)11-12-30(27,3)13-15-32(26,33)5/h9-10,19,22,27H,7-8,11-18,20-21H2,1-6H3/t22?,27?,29?,30-,31+,32-,33+/m1/s1. The second kappa shape index (κ2) is 7.78. The highest BCUT2D eigenvalue weighted by Gasteiger charge is 2.66. The average molecular weight is 490 g/mol. The van der Waals surface area contributed by atoms with Crippen molar-refractivity contribution in [3.63, 3.8) is 0 Å². The quantitative estimate of drug-likeness (QED) is 0.389. The molecule has 3 saturated carbocycles. The molecule has 0 aromatic carbocycles. The predicted molar refractivity (Wildman–Crippen MR) is 145 cm³/mol. The van der Waals surface area contributed by atoms with Crippen LogP contribution in [0.15, 0.2) is 34.9 Å². The second-order valence-electron chi connectivity index (χ2n) is 15.0. The number of carbonyl (C=O) groups excluding carboxylic acids is 2. The number of carbonyl (C=O) groups is 2. The summed E-state index contributed by atoms with van der Waals surface area (Å²) in [5.74, 6) is -0.127. The molecule has 0 radical (unpaired) electrons. The molecule has 0 aromatic heterocycles. The van der Waals surface area contributed by atoms with Crippen molar-refractivity contribution in [1.82, 2.24) is 4.90 Å². The first-order chi connectivity index (χ1) is 16.9. The Hall–Kier alpha value is -1.48. The van der Waals surface area contributed by atoms with Crippen molar-refractivity contribution in [2.24, 2.45) is 38.9 Å². The maximum absolute atomic E-state index is 12.7. The van der Waals surface area contributed by atoms with Crippen LogP contribution in [0, 0.1) is 38.9 Å². The Morgan fingerprint density at radius 1 is 0.889 bits per heavy atom. The van der Waals surface area contributed by atoms with Gasteiger partial charge in [0.05, 0.1) is 0 Å². The minimum Gasteiger partial charge on any atom is -0.303 e. The van der Waals surface area contributed by atoms with Crippen molar-refractivity contribution in [3.8, 4) is 0 Å². The van der Waals surface area contributed by atoms with Gasteiger partial charge in [-0.1, -0.05) is 59.3 Å². The molecule has 0 bridgehead atoms. The molecule has 36 heavy (non-hydrogen) atoms. The molecule has 6 aliphatic rings. The molecule has 3 heteroatoms. The molecule has 5 aliphatic carbocycles. The molecule has 4 fully saturated rings. The number of allylic oxidation sites excluding steroid dienone is 6. The molecule has 196 valence electrons. The second-order valence-corrected chi connectivity index (χ2v) is 15.0. The summed E-state index contributed by atoms with van der Waals surface area (Å²) in [5.41, 5.74) is 4.87. The lowest BCUT2D eigenvalue weighted by Gasteiger charge is -2.70. The first kappa shape index (κ1) is 24.8. The molecule has 0 amide bonds. The van der Waals surface area contributed by atoms with Gasteiger partial charge in [0, 0.05) is 17.9 Å². The van der Waals surface area contributed by atoms with Crippen LogP contribution in [0.1, 0.15) is 99.3 Å². The topological polar surface area (TPSA) is 37.4 Å². The van der Waals surface area contributed by atoms with E-state index in [0.29, 0.717) is 10.8 Å².